The number of methoxy groups -OCH3 is 1. The van der Waals surface area contributed by atoms with Crippen LogP contribution in [0.3, 0.4) is 0 Å². The van der Waals surface area contributed by atoms with Gasteiger partial charge in [-0.25, -0.2) is 0 Å². The normalized spacial score (nSPS) is 22.1. The maximum absolute atomic E-state index is 13.2. The van der Waals surface area contributed by atoms with Crippen LogP contribution in [-0.4, -0.2) is 54.7 Å². The average molecular weight is 472 g/mol. The summed E-state index contributed by atoms with van der Waals surface area (Å²) in [6.07, 6.45) is 1.54. The minimum absolute atomic E-state index is 0.0211. The van der Waals surface area contributed by atoms with Crippen LogP contribution in [0, 0.1) is 0 Å². The second-order valence-corrected chi connectivity index (χ2v) is 8.37. The van der Waals surface area contributed by atoms with Gasteiger partial charge in [-0.3, -0.25) is 9.59 Å². The Labute approximate surface area is 197 Å². The van der Waals surface area contributed by atoms with Crippen LogP contribution >= 0.6 is 11.6 Å². The number of carbonyl (C=O) groups excluding carboxylic acids is 2. The van der Waals surface area contributed by atoms with Gasteiger partial charge in [0.1, 0.15) is 17.3 Å². The predicted octanol–water partition coefficient (Wildman–Crippen LogP) is 4.35. The molecule has 0 bridgehead atoms. The third-order valence-corrected chi connectivity index (χ3v) is 6.10. The smallest absolute Gasteiger partial charge is 0.295 e. The summed E-state index contributed by atoms with van der Waals surface area (Å²) in [6, 6.07) is 11.1. The maximum atomic E-state index is 13.2. The Morgan fingerprint density at radius 2 is 2.06 bits per heavy atom. The summed E-state index contributed by atoms with van der Waals surface area (Å²) in [4.78, 5) is 27.8. The Kier molecular flexibility index (Phi) is 6.91. The van der Waals surface area contributed by atoms with Crippen LogP contribution in [0.15, 0.2) is 48.0 Å². The molecule has 2 aromatic carbocycles. The topological polar surface area (TPSA) is 85.3 Å². The Hall–Kier alpha value is -3.03. The quantitative estimate of drug-likeness (QED) is 0.367. The molecule has 0 spiro atoms. The van der Waals surface area contributed by atoms with Gasteiger partial charge in [0.05, 0.1) is 37.0 Å². The first-order valence-electron chi connectivity index (χ1n) is 10.9. The lowest BCUT2D eigenvalue weighted by molar-refractivity contribution is -0.140. The fraction of sp³-hybridized carbons (Fsp3) is 0.360. The van der Waals surface area contributed by atoms with Gasteiger partial charge >= 0.3 is 0 Å². The van der Waals surface area contributed by atoms with Gasteiger partial charge in [0, 0.05) is 18.2 Å². The molecular formula is C25H26ClNO6. The van der Waals surface area contributed by atoms with Crippen LogP contribution in [0.1, 0.15) is 36.9 Å². The number of ketones is 1. The third kappa shape index (κ3) is 4.56. The number of aliphatic hydroxyl groups excluding tert-OH is 1. The van der Waals surface area contributed by atoms with Gasteiger partial charge in [0.2, 0.25) is 0 Å². The molecular weight excluding hydrogens is 446 g/mol. The fourth-order valence-electron chi connectivity index (χ4n) is 4.37. The second kappa shape index (κ2) is 9.85. The van der Waals surface area contributed by atoms with Gasteiger partial charge in [-0.15, -0.1) is 0 Å². The molecule has 8 heteroatoms. The first kappa shape index (κ1) is 23.1. The first-order valence-corrected chi connectivity index (χ1v) is 11.3. The monoisotopic (exact) mass is 471 g/mol. The number of Topliss-reactive ketones (excluding diaryl/α,β-unsaturated/α-hetero) is 1. The van der Waals surface area contributed by atoms with Gasteiger partial charge in [0.15, 0.2) is 0 Å². The van der Waals surface area contributed by atoms with Crippen molar-refractivity contribution in [3.05, 3.63) is 64.2 Å². The predicted molar refractivity (Wildman–Crippen MR) is 124 cm³/mol. The van der Waals surface area contributed by atoms with Crippen LogP contribution in [0.5, 0.6) is 11.5 Å². The van der Waals surface area contributed by atoms with Crippen molar-refractivity contribution >= 4 is 29.1 Å². The van der Waals surface area contributed by atoms with Gasteiger partial charge in [-0.1, -0.05) is 23.7 Å². The molecule has 1 N–H and O–H groups in total. The molecule has 1 amide bonds. The molecule has 0 aliphatic carbocycles. The van der Waals surface area contributed by atoms with Gasteiger partial charge in [-0.05, 0) is 55.7 Å². The molecule has 2 aliphatic rings. The van der Waals surface area contributed by atoms with Crippen molar-refractivity contribution in [1.29, 1.82) is 0 Å². The summed E-state index contributed by atoms with van der Waals surface area (Å²) < 4.78 is 16.7. The van der Waals surface area contributed by atoms with Crippen molar-refractivity contribution in [2.75, 3.05) is 26.9 Å². The lowest BCUT2D eigenvalue weighted by Gasteiger charge is -2.27. The van der Waals surface area contributed by atoms with E-state index in [0.29, 0.717) is 35.3 Å². The molecule has 33 heavy (non-hydrogen) atoms. The summed E-state index contributed by atoms with van der Waals surface area (Å²) in [5.74, 6) is -0.837. The third-order valence-electron chi connectivity index (χ3n) is 5.87. The van der Waals surface area contributed by atoms with Crippen molar-refractivity contribution in [2.24, 2.45) is 0 Å². The number of benzene rings is 2. The summed E-state index contributed by atoms with van der Waals surface area (Å²) >= 11 is 6.16. The van der Waals surface area contributed by atoms with Gasteiger partial charge in [-0.2, -0.15) is 0 Å². The molecule has 0 radical (unpaired) electrons. The van der Waals surface area contributed by atoms with E-state index in [-0.39, 0.29) is 29.5 Å². The van der Waals surface area contributed by atoms with E-state index in [0.717, 1.165) is 12.8 Å². The summed E-state index contributed by atoms with van der Waals surface area (Å²) in [6.45, 7) is 3.22. The molecule has 2 unspecified atom stereocenters. The van der Waals surface area contributed by atoms with Crippen molar-refractivity contribution in [1.82, 2.24) is 4.90 Å². The summed E-state index contributed by atoms with van der Waals surface area (Å²) in [5, 5.41) is 11.7. The van der Waals surface area contributed by atoms with Gasteiger partial charge < -0.3 is 24.2 Å². The minimum Gasteiger partial charge on any atom is -0.507 e. The molecule has 2 fully saturated rings. The molecule has 2 heterocycles. The van der Waals surface area contributed by atoms with E-state index in [9.17, 15) is 14.7 Å². The Balaban J connectivity index is 1.87. The van der Waals surface area contributed by atoms with Crippen molar-refractivity contribution in [2.45, 2.75) is 31.9 Å². The van der Waals surface area contributed by atoms with E-state index in [1.807, 2.05) is 13.0 Å². The first-order chi connectivity index (χ1) is 15.9. The number of rotatable bonds is 7. The van der Waals surface area contributed by atoms with E-state index in [1.165, 1.54) is 18.1 Å². The lowest BCUT2D eigenvalue weighted by atomic mass is 9.94. The number of hydrogen-bond acceptors (Lipinski definition) is 6. The van der Waals surface area contributed by atoms with Crippen molar-refractivity contribution < 1.29 is 28.9 Å². The number of halogens is 1. The highest BCUT2D eigenvalue weighted by molar-refractivity contribution is 6.46. The Morgan fingerprint density at radius 3 is 2.76 bits per heavy atom. The molecule has 2 saturated heterocycles. The van der Waals surface area contributed by atoms with E-state index in [4.69, 9.17) is 25.8 Å². The maximum Gasteiger partial charge on any atom is 0.295 e. The number of aliphatic hydroxyl groups is 1. The molecule has 0 aromatic heterocycles. The zero-order valence-corrected chi connectivity index (χ0v) is 19.3. The van der Waals surface area contributed by atoms with E-state index in [2.05, 4.69) is 0 Å². The van der Waals surface area contributed by atoms with Crippen molar-refractivity contribution in [3.63, 3.8) is 0 Å². The number of amides is 1. The number of likely N-dealkylation sites (tertiary alicyclic amines) is 1. The van der Waals surface area contributed by atoms with Crippen LogP contribution in [0.2, 0.25) is 5.02 Å². The molecule has 2 aliphatic heterocycles. The molecule has 7 nitrogen and oxygen atoms in total. The summed E-state index contributed by atoms with van der Waals surface area (Å²) in [7, 11) is 1.46. The SMILES string of the molecule is CCOc1cccc(C2/C(=C(\O)c3cc(Cl)ccc3OC)C(=O)C(=O)N2CC2CCCO2)c1. The van der Waals surface area contributed by atoms with Crippen molar-refractivity contribution in [3.8, 4) is 11.5 Å². The largest absolute Gasteiger partial charge is 0.507 e. The number of carbonyl (C=O) groups is 2. The highest BCUT2D eigenvalue weighted by Gasteiger charge is 2.47. The van der Waals surface area contributed by atoms with E-state index in [1.54, 1.807) is 30.3 Å². The molecule has 0 saturated carbocycles. The number of hydrogen-bond donors (Lipinski definition) is 1. The fourth-order valence-corrected chi connectivity index (χ4v) is 4.55. The van der Waals surface area contributed by atoms with E-state index >= 15 is 0 Å². The van der Waals surface area contributed by atoms with Crippen LogP contribution in [-0.2, 0) is 14.3 Å². The molecule has 174 valence electrons. The average Bonchev–Trinajstić information content (AvgIpc) is 3.41. The molecule has 4 rings (SSSR count). The van der Waals surface area contributed by atoms with Crippen LogP contribution in [0.25, 0.3) is 5.76 Å². The highest BCUT2D eigenvalue weighted by atomic mass is 35.5. The van der Waals surface area contributed by atoms with E-state index < -0.39 is 17.7 Å². The highest BCUT2D eigenvalue weighted by Crippen LogP contribution is 2.42. The number of ether oxygens (including phenoxy) is 3. The van der Waals surface area contributed by atoms with Crippen LogP contribution < -0.4 is 9.47 Å². The number of nitrogens with zero attached hydrogens (tertiary/aromatic N) is 1. The summed E-state index contributed by atoms with van der Waals surface area (Å²) in [5.41, 5.74) is 0.874. The minimum atomic E-state index is -0.807. The Morgan fingerprint density at radius 1 is 1.24 bits per heavy atom. The van der Waals surface area contributed by atoms with Crippen LogP contribution in [0.4, 0.5) is 0 Å². The van der Waals surface area contributed by atoms with Gasteiger partial charge in [0.25, 0.3) is 11.7 Å². The lowest BCUT2D eigenvalue weighted by Crippen LogP contribution is -2.36. The second-order valence-electron chi connectivity index (χ2n) is 7.94. The zero-order chi connectivity index (χ0) is 23.5. The zero-order valence-electron chi connectivity index (χ0n) is 18.5. The molecule has 2 atom stereocenters. The Bertz CT molecular complexity index is 1090. The standard InChI is InChI=1S/C25H26ClNO6/c1-3-32-17-7-4-6-15(12-17)22-21(23(28)19-13-16(26)9-10-20(19)31-2)24(29)25(30)27(22)14-18-8-5-11-33-18/h4,6-7,9-10,12-13,18,22,28H,3,5,8,11,14H2,1-2H3/b23-21+. The molecule has 2 aromatic rings.